The molecule has 3 aromatic carbocycles. The van der Waals surface area contributed by atoms with E-state index in [1.807, 2.05) is 24.3 Å². The summed E-state index contributed by atoms with van der Waals surface area (Å²) in [5.41, 5.74) is 4.08. The van der Waals surface area contributed by atoms with Crippen molar-refractivity contribution in [1.29, 1.82) is 0 Å². The van der Waals surface area contributed by atoms with Gasteiger partial charge in [0.1, 0.15) is 0 Å². The standard InChI is InChI=1S/C20H18OSi/c1-22(2,3)17-12-13-8-4-5-9-14(13)19-18(17)15-10-6-7-11-16(15)20(19)21/h4-12H,1-3H3. The summed E-state index contributed by atoms with van der Waals surface area (Å²) in [5.74, 6) is 0.182. The molecule has 0 saturated heterocycles. The maximum atomic E-state index is 13.0. The lowest BCUT2D eigenvalue weighted by Crippen LogP contribution is -2.39. The fourth-order valence-corrected chi connectivity index (χ4v) is 5.09. The van der Waals surface area contributed by atoms with E-state index >= 15 is 0 Å². The quantitative estimate of drug-likeness (QED) is 0.470. The summed E-state index contributed by atoms with van der Waals surface area (Å²) >= 11 is 0. The van der Waals surface area contributed by atoms with Crippen LogP contribution in [-0.2, 0) is 0 Å². The van der Waals surface area contributed by atoms with E-state index in [1.165, 1.54) is 16.1 Å². The molecule has 2 heteroatoms. The van der Waals surface area contributed by atoms with E-state index in [0.717, 1.165) is 22.1 Å². The van der Waals surface area contributed by atoms with Crippen LogP contribution < -0.4 is 5.19 Å². The number of fused-ring (bicyclic) bond motifs is 5. The molecule has 0 saturated carbocycles. The van der Waals surface area contributed by atoms with Crippen molar-refractivity contribution >= 4 is 29.8 Å². The molecule has 4 rings (SSSR count). The van der Waals surface area contributed by atoms with E-state index in [4.69, 9.17) is 0 Å². The van der Waals surface area contributed by atoms with Gasteiger partial charge in [0.15, 0.2) is 5.78 Å². The number of carbonyl (C=O) groups is 1. The first-order chi connectivity index (χ1) is 10.5. The van der Waals surface area contributed by atoms with Crippen LogP contribution in [0.2, 0.25) is 19.6 Å². The number of benzene rings is 3. The Kier molecular flexibility index (Phi) is 2.69. The fraction of sp³-hybridized carbons (Fsp3) is 0.150. The number of hydrogen-bond donors (Lipinski definition) is 0. The molecular formula is C20H18OSi. The summed E-state index contributed by atoms with van der Waals surface area (Å²) < 4.78 is 0. The van der Waals surface area contributed by atoms with Gasteiger partial charge >= 0.3 is 0 Å². The minimum atomic E-state index is -1.56. The highest BCUT2D eigenvalue weighted by Crippen LogP contribution is 2.40. The predicted molar refractivity (Wildman–Crippen MR) is 95.8 cm³/mol. The SMILES string of the molecule is C[Si](C)(C)c1cc2ccccc2c2c1-c1ccccc1C2=O. The van der Waals surface area contributed by atoms with Gasteiger partial charge in [-0.1, -0.05) is 79.4 Å². The molecule has 0 aromatic heterocycles. The Morgan fingerprint density at radius 1 is 0.773 bits per heavy atom. The van der Waals surface area contributed by atoms with Crippen molar-refractivity contribution in [2.24, 2.45) is 0 Å². The van der Waals surface area contributed by atoms with Crippen LogP contribution in [-0.4, -0.2) is 13.9 Å². The summed E-state index contributed by atoms with van der Waals surface area (Å²) in [4.78, 5) is 13.0. The van der Waals surface area contributed by atoms with Gasteiger partial charge in [0.25, 0.3) is 0 Å². The minimum Gasteiger partial charge on any atom is -0.289 e. The summed E-state index contributed by atoms with van der Waals surface area (Å²) in [6.45, 7) is 7.05. The van der Waals surface area contributed by atoms with Crippen molar-refractivity contribution in [2.75, 3.05) is 0 Å². The molecule has 0 amide bonds. The molecule has 0 radical (unpaired) electrons. The summed E-state index contributed by atoms with van der Waals surface area (Å²) in [5, 5.41) is 3.65. The van der Waals surface area contributed by atoms with Crippen molar-refractivity contribution < 1.29 is 4.79 Å². The highest BCUT2D eigenvalue weighted by molar-refractivity contribution is 6.90. The zero-order chi connectivity index (χ0) is 15.5. The normalized spacial score (nSPS) is 13.3. The fourth-order valence-electron chi connectivity index (χ4n) is 3.49. The van der Waals surface area contributed by atoms with Crippen molar-refractivity contribution in [2.45, 2.75) is 19.6 Å². The molecule has 0 N–H and O–H groups in total. The lowest BCUT2D eigenvalue weighted by molar-refractivity contribution is 0.104. The second-order valence-corrected chi connectivity index (χ2v) is 12.1. The van der Waals surface area contributed by atoms with Crippen LogP contribution in [0.3, 0.4) is 0 Å². The lowest BCUT2D eigenvalue weighted by Gasteiger charge is -2.22. The number of rotatable bonds is 1. The molecule has 0 aliphatic heterocycles. The topological polar surface area (TPSA) is 17.1 Å². The molecular weight excluding hydrogens is 284 g/mol. The van der Waals surface area contributed by atoms with E-state index in [2.05, 4.69) is 50.0 Å². The van der Waals surface area contributed by atoms with E-state index in [0.29, 0.717) is 0 Å². The second kappa shape index (κ2) is 4.40. The number of carbonyl (C=O) groups excluding carboxylic acids is 1. The highest BCUT2D eigenvalue weighted by Gasteiger charge is 2.34. The smallest absolute Gasteiger partial charge is 0.194 e. The van der Waals surface area contributed by atoms with Gasteiger partial charge in [-0.15, -0.1) is 0 Å². The van der Waals surface area contributed by atoms with Gasteiger partial charge in [-0.3, -0.25) is 4.79 Å². The predicted octanol–water partition coefficient (Wildman–Crippen LogP) is 4.60. The van der Waals surface area contributed by atoms with Crippen LogP contribution >= 0.6 is 0 Å². The molecule has 108 valence electrons. The van der Waals surface area contributed by atoms with E-state index in [1.54, 1.807) is 0 Å². The van der Waals surface area contributed by atoms with Crippen LogP contribution in [0.25, 0.3) is 21.9 Å². The molecule has 0 heterocycles. The summed E-state index contributed by atoms with van der Waals surface area (Å²) in [6.07, 6.45) is 0. The van der Waals surface area contributed by atoms with Crippen molar-refractivity contribution in [3.05, 3.63) is 65.7 Å². The zero-order valence-electron chi connectivity index (χ0n) is 13.1. The molecule has 0 unspecified atom stereocenters. The van der Waals surface area contributed by atoms with Crippen LogP contribution in [0.15, 0.2) is 54.6 Å². The van der Waals surface area contributed by atoms with Crippen LogP contribution in [0, 0.1) is 0 Å². The van der Waals surface area contributed by atoms with Gasteiger partial charge in [-0.05, 0) is 21.9 Å². The van der Waals surface area contributed by atoms with Gasteiger partial charge < -0.3 is 0 Å². The first kappa shape index (κ1) is 13.5. The maximum absolute atomic E-state index is 13.0. The lowest BCUT2D eigenvalue weighted by atomic mass is 9.99. The van der Waals surface area contributed by atoms with E-state index < -0.39 is 8.07 Å². The Morgan fingerprint density at radius 2 is 1.41 bits per heavy atom. The average Bonchev–Trinajstić information content (AvgIpc) is 2.80. The Balaban J connectivity index is 2.23. The summed E-state index contributed by atoms with van der Waals surface area (Å²) in [7, 11) is -1.56. The van der Waals surface area contributed by atoms with Crippen LogP contribution in [0.5, 0.6) is 0 Å². The van der Waals surface area contributed by atoms with Gasteiger partial charge in [0.05, 0.1) is 8.07 Å². The monoisotopic (exact) mass is 302 g/mol. The van der Waals surface area contributed by atoms with Gasteiger partial charge in [-0.2, -0.15) is 0 Å². The number of hydrogen-bond acceptors (Lipinski definition) is 1. The summed E-state index contributed by atoms with van der Waals surface area (Å²) in [6, 6.07) is 18.6. The Labute approximate surface area is 131 Å². The molecule has 0 fully saturated rings. The Bertz CT molecular complexity index is 932. The molecule has 1 aliphatic carbocycles. The van der Waals surface area contributed by atoms with Gasteiger partial charge in [0.2, 0.25) is 0 Å². The molecule has 0 atom stereocenters. The third kappa shape index (κ3) is 1.74. The highest BCUT2D eigenvalue weighted by atomic mass is 28.3. The molecule has 1 nitrogen and oxygen atoms in total. The van der Waals surface area contributed by atoms with Crippen molar-refractivity contribution in [3.63, 3.8) is 0 Å². The Hall–Kier alpha value is -2.19. The molecule has 0 bridgehead atoms. The van der Waals surface area contributed by atoms with Gasteiger partial charge in [0, 0.05) is 11.1 Å². The first-order valence-corrected chi connectivity index (χ1v) is 11.2. The third-order valence-corrected chi connectivity index (χ3v) is 6.54. The van der Waals surface area contributed by atoms with Crippen LogP contribution in [0.1, 0.15) is 15.9 Å². The van der Waals surface area contributed by atoms with Crippen molar-refractivity contribution in [3.8, 4) is 11.1 Å². The van der Waals surface area contributed by atoms with Crippen molar-refractivity contribution in [1.82, 2.24) is 0 Å². The number of ketones is 1. The molecule has 3 aromatic rings. The minimum absolute atomic E-state index is 0.182. The first-order valence-electron chi connectivity index (χ1n) is 7.69. The average molecular weight is 302 g/mol. The Morgan fingerprint density at radius 3 is 2.14 bits per heavy atom. The molecule has 22 heavy (non-hydrogen) atoms. The third-order valence-electron chi connectivity index (χ3n) is 4.53. The second-order valence-electron chi connectivity index (χ2n) is 7.02. The van der Waals surface area contributed by atoms with Crippen LogP contribution in [0.4, 0.5) is 0 Å². The van der Waals surface area contributed by atoms with E-state index in [-0.39, 0.29) is 5.78 Å². The maximum Gasteiger partial charge on any atom is 0.194 e. The molecule has 0 spiro atoms. The zero-order valence-corrected chi connectivity index (χ0v) is 14.1. The van der Waals surface area contributed by atoms with Gasteiger partial charge in [-0.25, -0.2) is 0 Å². The van der Waals surface area contributed by atoms with E-state index in [9.17, 15) is 4.79 Å². The largest absolute Gasteiger partial charge is 0.289 e. The molecule has 1 aliphatic rings.